The van der Waals surface area contributed by atoms with Crippen molar-refractivity contribution in [2.45, 2.75) is 6.92 Å². The summed E-state index contributed by atoms with van der Waals surface area (Å²) in [6, 6.07) is 6.63. The molecule has 0 aromatic heterocycles. The van der Waals surface area contributed by atoms with Crippen molar-refractivity contribution in [3.8, 4) is 6.07 Å². The van der Waals surface area contributed by atoms with Crippen molar-refractivity contribution in [3.05, 3.63) is 29.3 Å². The van der Waals surface area contributed by atoms with Crippen LogP contribution in [0.25, 0.3) is 0 Å². The van der Waals surface area contributed by atoms with E-state index in [1.54, 1.807) is 19.1 Å². The number of anilines is 1. The third kappa shape index (κ3) is 3.35. The normalized spacial score (nSPS) is 8.50. The minimum Gasteiger partial charge on any atom is -0.540 e. The Morgan fingerprint density at radius 2 is 2.06 bits per heavy atom. The van der Waals surface area contributed by atoms with Gasteiger partial charge in [0.15, 0.2) is 0 Å². The van der Waals surface area contributed by atoms with E-state index in [1.807, 2.05) is 6.07 Å². The van der Waals surface area contributed by atoms with Crippen LogP contribution in [0.4, 0.5) is 5.69 Å². The maximum Gasteiger partial charge on any atom is 1.00 e. The summed E-state index contributed by atoms with van der Waals surface area (Å²) in [7, 11) is 0. The summed E-state index contributed by atoms with van der Waals surface area (Å²) < 4.78 is 0. The summed E-state index contributed by atoms with van der Waals surface area (Å²) in [5.41, 5.74) is 1.08. The number of carbonyl (C=O) groups is 2. The Morgan fingerprint density at radius 1 is 1.44 bits per heavy atom. The van der Waals surface area contributed by atoms with Gasteiger partial charge in [0, 0.05) is 0 Å². The second-order valence-electron chi connectivity index (χ2n) is 2.85. The number of amides is 1. The SMILES string of the molecule is Cc1cccc(NC(=O)C(=O)[O-])c1C#N.[Na+]. The molecule has 0 heterocycles. The fourth-order valence-electron chi connectivity index (χ4n) is 1.09. The molecule has 6 heteroatoms. The third-order valence-electron chi connectivity index (χ3n) is 1.82. The van der Waals surface area contributed by atoms with Crippen LogP contribution in [0.2, 0.25) is 0 Å². The number of aliphatic carboxylic acids is 1. The molecule has 0 aliphatic heterocycles. The molecule has 76 valence electrons. The molecule has 0 radical (unpaired) electrons. The van der Waals surface area contributed by atoms with E-state index in [2.05, 4.69) is 5.32 Å². The quantitative estimate of drug-likeness (QED) is 0.398. The molecule has 1 N–H and O–H groups in total. The Hall–Kier alpha value is -1.35. The van der Waals surface area contributed by atoms with E-state index in [4.69, 9.17) is 5.26 Å². The van der Waals surface area contributed by atoms with E-state index in [0.717, 1.165) is 0 Å². The number of benzene rings is 1. The van der Waals surface area contributed by atoms with Crippen LogP contribution in [-0.4, -0.2) is 11.9 Å². The van der Waals surface area contributed by atoms with E-state index < -0.39 is 11.9 Å². The number of rotatable bonds is 1. The van der Waals surface area contributed by atoms with E-state index in [0.29, 0.717) is 5.56 Å². The van der Waals surface area contributed by atoms with Crippen molar-refractivity contribution in [3.63, 3.8) is 0 Å². The summed E-state index contributed by atoms with van der Waals surface area (Å²) in [5.74, 6) is -3.10. The topological polar surface area (TPSA) is 93.0 Å². The number of nitrogens with zero attached hydrogens (tertiary/aromatic N) is 1. The number of hydrogen-bond donors (Lipinski definition) is 1. The number of aryl methyl sites for hydroxylation is 1. The van der Waals surface area contributed by atoms with E-state index in [-0.39, 0.29) is 40.8 Å². The molecule has 0 unspecified atom stereocenters. The summed E-state index contributed by atoms with van der Waals surface area (Å²) in [6.45, 7) is 1.69. The zero-order chi connectivity index (χ0) is 11.4. The number of nitrogens with one attached hydrogen (secondary N) is 1. The molecule has 0 saturated heterocycles. The molecular weight excluding hydrogens is 219 g/mol. The number of carbonyl (C=O) groups excluding carboxylic acids is 2. The smallest absolute Gasteiger partial charge is 0.540 e. The predicted molar refractivity (Wildman–Crippen MR) is 49.5 cm³/mol. The van der Waals surface area contributed by atoms with Crippen molar-refractivity contribution >= 4 is 17.6 Å². The van der Waals surface area contributed by atoms with Gasteiger partial charge < -0.3 is 15.2 Å². The molecule has 0 aliphatic carbocycles. The first-order chi connectivity index (χ1) is 7.06. The Labute approximate surface area is 114 Å². The van der Waals surface area contributed by atoms with Gasteiger partial charge in [0.1, 0.15) is 12.0 Å². The molecule has 0 saturated carbocycles. The molecular formula is C10H7N2NaO3. The number of carboxylic acids is 1. The van der Waals surface area contributed by atoms with Crippen LogP contribution >= 0.6 is 0 Å². The molecule has 1 aromatic rings. The van der Waals surface area contributed by atoms with Gasteiger partial charge in [0.25, 0.3) is 5.91 Å². The first-order valence-corrected chi connectivity index (χ1v) is 4.08. The van der Waals surface area contributed by atoms with Crippen LogP contribution in [0.15, 0.2) is 18.2 Å². The summed E-state index contributed by atoms with van der Waals surface area (Å²) in [5, 5.41) is 21.0. The van der Waals surface area contributed by atoms with Crippen molar-refractivity contribution < 1.29 is 44.3 Å². The van der Waals surface area contributed by atoms with Gasteiger partial charge in [-0.05, 0) is 18.6 Å². The molecule has 0 spiro atoms. The zero-order valence-corrected chi connectivity index (χ0v) is 10.9. The van der Waals surface area contributed by atoms with Crippen LogP contribution < -0.4 is 40.0 Å². The number of hydrogen-bond acceptors (Lipinski definition) is 4. The minimum atomic E-state index is -1.83. The van der Waals surface area contributed by atoms with Crippen LogP contribution in [0.5, 0.6) is 0 Å². The molecule has 1 rings (SSSR count). The molecule has 0 fully saturated rings. The fourth-order valence-corrected chi connectivity index (χ4v) is 1.09. The van der Waals surface area contributed by atoms with Gasteiger partial charge >= 0.3 is 29.6 Å². The molecule has 0 atom stereocenters. The van der Waals surface area contributed by atoms with Gasteiger partial charge in [-0.3, -0.25) is 4.79 Å². The standard InChI is InChI=1S/C10H8N2O3.Na/c1-6-3-2-4-8(7(6)5-11)12-9(13)10(14)15;/h2-4H,1H3,(H,12,13)(H,14,15);/q;+1/p-1. The Kier molecular flexibility index (Phi) is 5.75. The third-order valence-corrected chi connectivity index (χ3v) is 1.82. The van der Waals surface area contributed by atoms with Gasteiger partial charge in [0.05, 0.1) is 11.3 Å². The minimum absolute atomic E-state index is 0. The van der Waals surface area contributed by atoms with Crippen molar-refractivity contribution in [1.29, 1.82) is 5.26 Å². The maximum atomic E-state index is 10.8. The molecule has 5 nitrogen and oxygen atoms in total. The van der Waals surface area contributed by atoms with Gasteiger partial charge in [0.2, 0.25) is 0 Å². The fraction of sp³-hybridized carbons (Fsp3) is 0.100. The summed E-state index contributed by atoms with van der Waals surface area (Å²) in [6.07, 6.45) is 0. The second kappa shape index (κ2) is 6.28. The molecule has 0 bridgehead atoms. The van der Waals surface area contributed by atoms with Gasteiger partial charge in [-0.1, -0.05) is 12.1 Å². The number of nitriles is 1. The number of carboxylic acid groups (broad SMARTS) is 1. The summed E-state index contributed by atoms with van der Waals surface area (Å²) >= 11 is 0. The average molecular weight is 226 g/mol. The Morgan fingerprint density at radius 3 is 2.56 bits per heavy atom. The van der Waals surface area contributed by atoms with E-state index >= 15 is 0 Å². The Balaban J connectivity index is 0.00000225. The van der Waals surface area contributed by atoms with E-state index in [9.17, 15) is 14.7 Å². The van der Waals surface area contributed by atoms with Crippen LogP contribution in [0.3, 0.4) is 0 Å². The van der Waals surface area contributed by atoms with Crippen LogP contribution in [-0.2, 0) is 9.59 Å². The molecule has 1 amide bonds. The van der Waals surface area contributed by atoms with E-state index in [1.165, 1.54) is 6.07 Å². The van der Waals surface area contributed by atoms with Crippen molar-refractivity contribution in [1.82, 2.24) is 0 Å². The Bertz CT molecular complexity index is 466. The van der Waals surface area contributed by atoms with Crippen molar-refractivity contribution in [2.24, 2.45) is 0 Å². The van der Waals surface area contributed by atoms with Crippen LogP contribution in [0, 0.1) is 18.3 Å². The van der Waals surface area contributed by atoms with Crippen molar-refractivity contribution in [2.75, 3.05) is 5.32 Å². The van der Waals surface area contributed by atoms with Gasteiger partial charge in [-0.15, -0.1) is 0 Å². The summed E-state index contributed by atoms with van der Waals surface area (Å²) in [4.78, 5) is 21.0. The maximum absolute atomic E-state index is 10.8. The second-order valence-corrected chi connectivity index (χ2v) is 2.85. The monoisotopic (exact) mass is 226 g/mol. The first-order valence-electron chi connectivity index (χ1n) is 4.08. The molecule has 0 aliphatic rings. The first kappa shape index (κ1) is 14.6. The zero-order valence-electron chi connectivity index (χ0n) is 8.90. The predicted octanol–water partition coefficient (Wildman–Crippen LogP) is -3.44. The molecule has 16 heavy (non-hydrogen) atoms. The van der Waals surface area contributed by atoms with Crippen LogP contribution in [0.1, 0.15) is 11.1 Å². The van der Waals surface area contributed by atoms with Gasteiger partial charge in [-0.25, -0.2) is 0 Å². The largest absolute Gasteiger partial charge is 1.00 e. The molecule has 1 aromatic carbocycles. The average Bonchev–Trinajstić information content (AvgIpc) is 2.18. The van der Waals surface area contributed by atoms with Gasteiger partial charge in [-0.2, -0.15) is 5.26 Å².